The van der Waals surface area contributed by atoms with Gasteiger partial charge >= 0.3 is 6.18 Å². The Labute approximate surface area is 198 Å². The first-order valence-electron chi connectivity index (χ1n) is 12.3. The van der Waals surface area contributed by atoms with Gasteiger partial charge in [0.15, 0.2) is 0 Å². The number of nitrogens with zero attached hydrogens (tertiary/aromatic N) is 2. The highest BCUT2D eigenvalue weighted by Gasteiger charge is 2.35. The van der Waals surface area contributed by atoms with E-state index in [1.165, 1.54) is 12.1 Å². The van der Waals surface area contributed by atoms with Crippen LogP contribution < -0.4 is 10.6 Å². The number of anilines is 1. The van der Waals surface area contributed by atoms with Crippen LogP contribution in [-0.2, 0) is 4.79 Å². The van der Waals surface area contributed by atoms with Gasteiger partial charge in [0.2, 0.25) is 5.91 Å². The van der Waals surface area contributed by atoms with E-state index in [0.717, 1.165) is 12.8 Å². The van der Waals surface area contributed by atoms with Crippen molar-refractivity contribution in [3.05, 3.63) is 48.3 Å². The summed E-state index contributed by atoms with van der Waals surface area (Å²) in [6.45, 7) is -0.282. The fourth-order valence-electron chi connectivity index (χ4n) is 4.08. The van der Waals surface area contributed by atoms with E-state index in [4.69, 9.17) is 2.74 Å². The molecule has 1 saturated carbocycles. The number of halogens is 4. The largest absolute Gasteiger partial charge is 0.417 e. The van der Waals surface area contributed by atoms with Crippen LogP contribution in [-0.4, -0.2) is 60.9 Å². The summed E-state index contributed by atoms with van der Waals surface area (Å²) in [5, 5.41) is 6.38. The Morgan fingerprint density at radius 2 is 2.12 bits per heavy atom. The van der Waals surface area contributed by atoms with Crippen LogP contribution in [0.3, 0.4) is 0 Å². The quantitative estimate of drug-likeness (QED) is 0.561. The van der Waals surface area contributed by atoms with Crippen LogP contribution in [0.25, 0.3) is 22.4 Å². The Morgan fingerprint density at radius 3 is 2.79 bits per heavy atom. The zero-order valence-electron chi connectivity index (χ0n) is 20.8. The number of hydrogen-bond donors (Lipinski definition) is 2. The number of allylic oxidation sites excluding steroid dienone is 1. The van der Waals surface area contributed by atoms with Crippen molar-refractivity contribution in [1.29, 1.82) is 0 Å². The number of carbonyl (C=O) groups is 1. The summed E-state index contributed by atoms with van der Waals surface area (Å²) in [6.07, 6.45) is -0.824. The molecule has 0 radical (unpaired) electrons. The molecule has 0 unspecified atom stereocenters. The van der Waals surface area contributed by atoms with E-state index in [0.29, 0.717) is 24.0 Å². The van der Waals surface area contributed by atoms with Crippen molar-refractivity contribution in [2.45, 2.75) is 37.7 Å². The van der Waals surface area contributed by atoms with Crippen molar-refractivity contribution in [2.24, 2.45) is 5.92 Å². The van der Waals surface area contributed by atoms with Gasteiger partial charge in [0.05, 0.1) is 25.7 Å². The van der Waals surface area contributed by atoms with Crippen LogP contribution in [0.1, 0.15) is 33.4 Å². The van der Waals surface area contributed by atoms with Crippen molar-refractivity contribution < 1.29 is 25.1 Å². The Bertz CT molecular complexity index is 1190. The molecule has 2 heterocycles. The number of piperidine rings is 1. The fourth-order valence-corrected chi connectivity index (χ4v) is 4.08. The molecule has 5 nitrogen and oxygen atoms in total. The molecule has 0 spiro atoms. The molecule has 1 aromatic heterocycles. The molecule has 2 fully saturated rings. The number of alkyl halides is 4. The summed E-state index contributed by atoms with van der Waals surface area (Å²) >= 11 is 0. The molecular formula is C25H28F4N4O. The standard InChI is InChI=1S/C25H28F4N4O/c1-15(25(27,28)29)23-18-6-3-7-21(32-22-10-12-33(2)14-20(22)26)19(18)13-17(31-23)5-4-11-30-24(34)16-8-9-16/h3-7,13,16,20,22,32H,1,8-12,14H2,2H3,(H,30,34)/b5-4+/t20-,22+/m0/s1/i1D2. The van der Waals surface area contributed by atoms with Gasteiger partial charge in [-0.1, -0.05) is 24.7 Å². The van der Waals surface area contributed by atoms with Gasteiger partial charge in [-0.3, -0.25) is 4.79 Å². The van der Waals surface area contributed by atoms with Crippen molar-refractivity contribution in [1.82, 2.24) is 15.2 Å². The third kappa shape index (κ3) is 5.58. The number of rotatable bonds is 7. The maximum atomic E-state index is 14.7. The van der Waals surface area contributed by atoms with E-state index < -0.39 is 36.2 Å². The Kier molecular flexibility index (Phi) is 6.18. The lowest BCUT2D eigenvalue weighted by Gasteiger charge is -2.33. The van der Waals surface area contributed by atoms with Gasteiger partial charge in [0, 0.05) is 42.0 Å². The van der Waals surface area contributed by atoms with E-state index in [1.54, 1.807) is 24.3 Å². The van der Waals surface area contributed by atoms with Gasteiger partial charge in [-0.15, -0.1) is 0 Å². The first kappa shape index (κ1) is 21.6. The second-order valence-corrected chi connectivity index (χ2v) is 8.91. The lowest BCUT2D eigenvalue weighted by atomic mass is 9.99. The molecule has 34 heavy (non-hydrogen) atoms. The van der Waals surface area contributed by atoms with Crippen molar-refractivity contribution in [3.8, 4) is 0 Å². The first-order valence-corrected chi connectivity index (χ1v) is 11.3. The molecule has 0 bridgehead atoms. The molecule has 2 N–H and O–H groups in total. The number of pyridine rings is 1. The first-order chi connectivity index (χ1) is 17.0. The summed E-state index contributed by atoms with van der Waals surface area (Å²) in [5.41, 5.74) is -1.38. The zero-order valence-corrected chi connectivity index (χ0v) is 18.8. The topological polar surface area (TPSA) is 57.3 Å². The second-order valence-electron chi connectivity index (χ2n) is 8.91. The normalized spacial score (nSPS) is 22.4. The molecule has 2 aromatic rings. The highest BCUT2D eigenvalue weighted by atomic mass is 19.4. The number of nitrogens with one attached hydrogen (secondary N) is 2. The Balaban J connectivity index is 1.74. The van der Waals surface area contributed by atoms with Gasteiger partial charge < -0.3 is 15.5 Å². The molecule has 1 aliphatic heterocycles. The number of benzene rings is 1. The van der Waals surface area contributed by atoms with Gasteiger partial charge in [-0.05, 0) is 44.5 Å². The maximum absolute atomic E-state index is 14.7. The van der Waals surface area contributed by atoms with Crippen LogP contribution in [0, 0.1) is 5.92 Å². The average Bonchev–Trinajstić information content (AvgIpc) is 3.63. The lowest BCUT2D eigenvalue weighted by Crippen LogP contribution is -2.46. The summed E-state index contributed by atoms with van der Waals surface area (Å²) < 4.78 is 71.3. The molecule has 2 aliphatic rings. The SMILES string of the molecule is [2H]C([2H])=C(c1nc(/C=C/CNC(=O)C2CC2)cc2c(N[C@@H]3CCN(C)C[C@@H]3F)cccc12)C(F)(F)F. The highest BCUT2D eigenvalue weighted by Crippen LogP contribution is 2.37. The monoisotopic (exact) mass is 478 g/mol. The predicted molar refractivity (Wildman–Crippen MR) is 126 cm³/mol. The molecule has 1 saturated heterocycles. The van der Waals surface area contributed by atoms with Crippen LogP contribution in [0.2, 0.25) is 0 Å². The molecule has 1 aromatic carbocycles. The third-order valence-electron chi connectivity index (χ3n) is 6.13. The highest BCUT2D eigenvalue weighted by molar-refractivity contribution is 6.00. The molecular weight excluding hydrogens is 448 g/mol. The van der Waals surface area contributed by atoms with Crippen LogP contribution in [0.5, 0.6) is 0 Å². The van der Waals surface area contributed by atoms with Crippen LogP contribution in [0.15, 0.2) is 36.9 Å². The second kappa shape index (κ2) is 9.74. The van der Waals surface area contributed by atoms with Crippen LogP contribution in [0.4, 0.5) is 23.2 Å². The molecule has 9 heteroatoms. The predicted octanol–water partition coefficient (Wildman–Crippen LogP) is 4.80. The van der Waals surface area contributed by atoms with Crippen molar-refractivity contribution >= 4 is 34.0 Å². The van der Waals surface area contributed by atoms with E-state index in [1.807, 2.05) is 11.9 Å². The molecule has 2 atom stereocenters. The van der Waals surface area contributed by atoms with Crippen LogP contribution >= 0.6 is 0 Å². The molecule has 1 amide bonds. The summed E-state index contributed by atoms with van der Waals surface area (Å²) in [7, 11) is 1.83. The average molecular weight is 479 g/mol. The maximum Gasteiger partial charge on any atom is 0.417 e. The fraction of sp³-hybridized carbons (Fsp3) is 0.440. The smallest absolute Gasteiger partial charge is 0.379 e. The zero-order chi connectivity index (χ0) is 26.0. The number of carbonyl (C=O) groups excluding carboxylic acids is 1. The minimum atomic E-state index is -4.97. The van der Waals surface area contributed by atoms with Gasteiger partial charge in [0.25, 0.3) is 0 Å². The molecule has 4 rings (SSSR count). The summed E-state index contributed by atoms with van der Waals surface area (Å²) in [4.78, 5) is 17.8. The van der Waals surface area contributed by atoms with E-state index in [2.05, 4.69) is 15.6 Å². The number of aromatic nitrogens is 1. The summed E-state index contributed by atoms with van der Waals surface area (Å²) in [6, 6.07) is 5.73. The summed E-state index contributed by atoms with van der Waals surface area (Å²) in [5.74, 6) is -0.0316. The number of hydrogen-bond acceptors (Lipinski definition) is 4. The van der Waals surface area contributed by atoms with Gasteiger partial charge in [0.1, 0.15) is 6.17 Å². The number of fused-ring (bicyclic) bond motifs is 1. The minimum absolute atomic E-state index is 0.0309. The third-order valence-corrected chi connectivity index (χ3v) is 6.13. The van der Waals surface area contributed by atoms with Gasteiger partial charge in [-0.25, -0.2) is 9.37 Å². The Morgan fingerprint density at radius 1 is 1.32 bits per heavy atom. The van der Waals surface area contributed by atoms with Crippen molar-refractivity contribution in [2.75, 3.05) is 32.0 Å². The van der Waals surface area contributed by atoms with E-state index in [-0.39, 0.29) is 36.0 Å². The molecule has 1 aliphatic carbocycles. The molecule has 182 valence electrons. The van der Waals surface area contributed by atoms with Gasteiger partial charge in [-0.2, -0.15) is 13.2 Å². The van der Waals surface area contributed by atoms with E-state index in [9.17, 15) is 22.4 Å². The van der Waals surface area contributed by atoms with Crippen molar-refractivity contribution in [3.63, 3.8) is 0 Å². The lowest BCUT2D eigenvalue weighted by molar-refractivity contribution is -0.122. The minimum Gasteiger partial charge on any atom is -0.379 e. The number of amides is 1. The Hall–Kier alpha value is -2.94. The van der Waals surface area contributed by atoms with E-state index >= 15 is 0 Å². The number of likely N-dealkylation sites (tertiary alicyclic amines) is 1.